The third kappa shape index (κ3) is 3.69. The molecule has 0 heterocycles. The van der Waals surface area contributed by atoms with Crippen molar-refractivity contribution in [3.63, 3.8) is 0 Å². The molecule has 112 valence electrons. The zero-order valence-corrected chi connectivity index (χ0v) is 13.2. The molecule has 0 atom stereocenters. The van der Waals surface area contributed by atoms with Gasteiger partial charge in [0.05, 0.1) is 11.5 Å². The van der Waals surface area contributed by atoms with Crippen molar-refractivity contribution in [2.24, 2.45) is 0 Å². The van der Waals surface area contributed by atoms with Crippen molar-refractivity contribution in [2.45, 2.75) is 38.2 Å². The van der Waals surface area contributed by atoms with E-state index in [-0.39, 0.29) is 11.5 Å². The van der Waals surface area contributed by atoms with Gasteiger partial charge in [-0.25, -0.2) is 12.7 Å². The Balaban J connectivity index is 3.14. The molecule has 0 bridgehead atoms. The molecular formula is C15H23NO3S. The minimum absolute atomic E-state index is 0.163. The second-order valence-electron chi connectivity index (χ2n) is 4.95. The summed E-state index contributed by atoms with van der Waals surface area (Å²) in [5, 5.41) is 9.24. The number of aliphatic hydroxyl groups is 1. The lowest BCUT2D eigenvalue weighted by molar-refractivity contribution is 0.281. The SMILES string of the molecule is C=CCCCN(C)S(=O)(=O)c1cc(CO)cc(C)c1C. The highest BCUT2D eigenvalue weighted by atomic mass is 32.2. The monoisotopic (exact) mass is 297 g/mol. The van der Waals surface area contributed by atoms with Gasteiger partial charge in [0.1, 0.15) is 0 Å². The lowest BCUT2D eigenvalue weighted by atomic mass is 10.1. The Hall–Kier alpha value is -1.17. The first-order valence-corrected chi connectivity index (χ1v) is 8.06. The van der Waals surface area contributed by atoms with Crippen molar-refractivity contribution in [2.75, 3.05) is 13.6 Å². The Bertz CT molecular complexity index is 579. The van der Waals surface area contributed by atoms with Gasteiger partial charge >= 0.3 is 0 Å². The molecule has 0 saturated heterocycles. The zero-order valence-electron chi connectivity index (χ0n) is 12.4. The topological polar surface area (TPSA) is 57.6 Å². The largest absolute Gasteiger partial charge is 0.392 e. The smallest absolute Gasteiger partial charge is 0.243 e. The minimum atomic E-state index is -3.52. The molecule has 0 aliphatic heterocycles. The molecule has 1 rings (SSSR count). The van der Waals surface area contributed by atoms with Crippen LogP contribution in [0.1, 0.15) is 29.5 Å². The maximum atomic E-state index is 12.6. The van der Waals surface area contributed by atoms with Crippen molar-refractivity contribution in [3.05, 3.63) is 41.5 Å². The molecule has 0 fully saturated rings. The molecule has 0 unspecified atom stereocenters. The van der Waals surface area contributed by atoms with Crippen LogP contribution in [-0.2, 0) is 16.6 Å². The molecule has 0 spiro atoms. The summed E-state index contributed by atoms with van der Waals surface area (Å²) in [5.74, 6) is 0. The summed E-state index contributed by atoms with van der Waals surface area (Å²) in [6.07, 6.45) is 3.31. The molecule has 1 aromatic carbocycles. The Morgan fingerprint density at radius 2 is 2.00 bits per heavy atom. The third-order valence-electron chi connectivity index (χ3n) is 3.43. The summed E-state index contributed by atoms with van der Waals surface area (Å²) >= 11 is 0. The predicted octanol–water partition coefficient (Wildman–Crippen LogP) is 2.38. The van der Waals surface area contributed by atoms with Crippen LogP contribution in [0.15, 0.2) is 29.7 Å². The minimum Gasteiger partial charge on any atom is -0.392 e. The van der Waals surface area contributed by atoms with Gasteiger partial charge < -0.3 is 5.11 Å². The maximum Gasteiger partial charge on any atom is 0.243 e. The molecule has 0 aromatic heterocycles. The number of benzene rings is 1. The van der Waals surface area contributed by atoms with E-state index in [9.17, 15) is 13.5 Å². The Kier molecular flexibility index (Phi) is 5.92. The van der Waals surface area contributed by atoms with Crippen molar-refractivity contribution >= 4 is 10.0 Å². The fourth-order valence-corrected chi connectivity index (χ4v) is 3.56. The van der Waals surface area contributed by atoms with Crippen molar-refractivity contribution in [1.29, 1.82) is 0 Å². The number of hydrogen-bond donors (Lipinski definition) is 1. The van der Waals surface area contributed by atoms with E-state index in [0.717, 1.165) is 24.0 Å². The summed E-state index contributed by atoms with van der Waals surface area (Å²) in [5.41, 5.74) is 2.22. The fraction of sp³-hybridized carbons (Fsp3) is 0.467. The fourth-order valence-electron chi connectivity index (χ4n) is 2.00. The van der Waals surface area contributed by atoms with E-state index in [1.54, 1.807) is 26.1 Å². The highest BCUT2D eigenvalue weighted by Gasteiger charge is 2.23. The number of aryl methyl sites for hydroxylation is 1. The first-order valence-electron chi connectivity index (χ1n) is 6.62. The third-order valence-corrected chi connectivity index (χ3v) is 5.41. The van der Waals surface area contributed by atoms with Gasteiger partial charge in [-0.2, -0.15) is 0 Å². The van der Waals surface area contributed by atoms with Gasteiger partial charge in [-0.15, -0.1) is 6.58 Å². The van der Waals surface area contributed by atoms with Crippen LogP contribution < -0.4 is 0 Å². The molecule has 5 heteroatoms. The average molecular weight is 297 g/mol. The second kappa shape index (κ2) is 7.02. The quantitative estimate of drug-likeness (QED) is 0.621. The average Bonchev–Trinajstić information content (AvgIpc) is 2.41. The molecule has 4 nitrogen and oxygen atoms in total. The lowest BCUT2D eigenvalue weighted by Crippen LogP contribution is -2.28. The molecule has 1 N–H and O–H groups in total. The van der Waals surface area contributed by atoms with E-state index in [1.165, 1.54) is 4.31 Å². The van der Waals surface area contributed by atoms with Crippen LogP contribution in [0.2, 0.25) is 0 Å². The van der Waals surface area contributed by atoms with Crippen LogP contribution in [0.3, 0.4) is 0 Å². The number of hydrogen-bond acceptors (Lipinski definition) is 3. The number of aliphatic hydroxyl groups excluding tert-OH is 1. The van der Waals surface area contributed by atoms with Crippen molar-refractivity contribution in [3.8, 4) is 0 Å². The zero-order chi connectivity index (χ0) is 15.3. The van der Waals surface area contributed by atoms with E-state index < -0.39 is 10.0 Å². The summed E-state index contributed by atoms with van der Waals surface area (Å²) < 4.78 is 26.5. The molecular weight excluding hydrogens is 274 g/mol. The lowest BCUT2D eigenvalue weighted by Gasteiger charge is -2.19. The van der Waals surface area contributed by atoms with Crippen LogP contribution in [0.5, 0.6) is 0 Å². The summed E-state index contributed by atoms with van der Waals surface area (Å²) in [7, 11) is -1.94. The van der Waals surface area contributed by atoms with E-state index >= 15 is 0 Å². The van der Waals surface area contributed by atoms with Gasteiger partial charge in [-0.1, -0.05) is 12.1 Å². The Labute approximate surface area is 121 Å². The first-order chi connectivity index (χ1) is 9.34. The van der Waals surface area contributed by atoms with Crippen LogP contribution in [0.4, 0.5) is 0 Å². The van der Waals surface area contributed by atoms with Gasteiger partial charge in [-0.3, -0.25) is 0 Å². The molecule has 20 heavy (non-hydrogen) atoms. The van der Waals surface area contributed by atoms with Gasteiger partial charge in [0.15, 0.2) is 0 Å². The number of rotatable bonds is 7. The molecule has 0 aliphatic rings. The summed E-state index contributed by atoms with van der Waals surface area (Å²) in [4.78, 5) is 0.280. The maximum absolute atomic E-state index is 12.6. The van der Waals surface area contributed by atoms with Gasteiger partial charge in [0.2, 0.25) is 10.0 Å². The standard InChI is InChI=1S/C15H23NO3S/c1-5-6-7-8-16(4)20(18,19)15-10-14(11-17)9-12(2)13(15)3/h5,9-10,17H,1,6-8,11H2,2-4H3. The highest BCUT2D eigenvalue weighted by Crippen LogP contribution is 2.24. The van der Waals surface area contributed by atoms with Gasteiger partial charge in [0.25, 0.3) is 0 Å². The molecule has 0 saturated carbocycles. The molecule has 0 amide bonds. The number of allylic oxidation sites excluding steroid dienone is 1. The van der Waals surface area contributed by atoms with Gasteiger partial charge in [0, 0.05) is 13.6 Å². The van der Waals surface area contributed by atoms with E-state index in [1.807, 2.05) is 13.0 Å². The highest BCUT2D eigenvalue weighted by molar-refractivity contribution is 7.89. The molecule has 0 aliphatic carbocycles. The van der Waals surface area contributed by atoms with Crippen LogP contribution >= 0.6 is 0 Å². The predicted molar refractivity (Wildman–Crippen MR) is 81.1 cm³/mol. The number of sulfonamides is 1. The van der Waals surface area contributed by atoms with Gasteiger partial charge in [-0.05, 0) is 49.4 Å². The van der Waals surface area contributed by atoms with Crippen LogP contribution in [0, 0.1) is 13.8 Å². The van der Waals surface area contributed by atoms with E-state index in [2.05, 4.69) is 6.58 Å². The van der Waals surface area contributed by atoms with Crippen LogP contribution in [-0.4, -0.2) is 31.4 Å². The summed E-state index contributed by atoms with van der Waals surface area (Å²) in [6.45, 7) is 7.57. The van der Waals surface area contributed by atoms with Crippen LogP contribution in [0.25, 0.3) is 0 Å². The number of nitrogens with zero attached hydrogens (tertiary/aromatic N) is 1. The van der Waals surface area contributed by atoms with Crippen molar-refractivity contribution in [1.82, 2.24) is 4.31 Å². The normalized spacial score (nSPS) is 11.8. The first kappa shape index (κ1) is 16.9. The van der Waals surface area contributed by atoms with E-state index in [0.29, 0.717) is 12.1 Å². The van der Waals surface area contributed by atoms with E-state index in [4.69, 9.17) is 0 Å². The molecule has 1 aromatic rings. The second-order valence-corrected chi connectivity index (χ2v) is 6.96. The number of unbranched alkanes of at least 4 members (excludes halogenated alkanes) is 1. The Morgan fingerprint density at radius 3 is 2.55 bits per heavy atom. The van der Waals surface area contributed by atoms with Crippen molar-refractivity contribution < 1.29 is 13.5 Å². The Morgan fingerprint density at radius 1 is 1.35 bits per heavy atom. The molecule has 0 radical (unpaired) electrons. The summed E-state index contributed by atoms with van der Waals surface area (Å²) in [6, 6.07) is 3.37.